The molecule has 3 rings (SSSR count). The molecule has 0 aromatic rings. The van der Waals surface area contributed by atoms with Gasteiger partial charge < -0.3 is 0 Å². The lowest BCUT2D eigenvalue weighted by molar-refractivity contribution is -0.117. The molecular weight excluding hydrogens is 200 g/mol. The summed E-state index contributed by atoms with van der Waals surface area (Å²) in [6.07, 6.45) is 6.81. The van der Waals surface area contributed by atoms with Crippen LogP contribution >= 0.6 is 0 Å². The van der Waals surface area contributed by atoms with Crippen LogP contribution in [0.15, 0.2) is 0 Å². The highest BCUT2D eigenvalue weighted by Crippen LogP contribution is 2.27. The molecule has 3 fully saturated rings. The number of fused-ring (bicyclic) bond motifs is 1. The second kappa shape index (κ2) is 4.46. The first-order chi connectivity index (χ1) is 7.83. The maximum absolute atomic E-state index is 11.4. The molecule has 3 heteroatoms. The number of rotatable bonds is 1. The average Bonchev–Trinajstić information content (AvgIpc) is 2.83. The highest BCUT2D eigenvalue weighted by atomic mass is 16.1. The van der Waals surface area contributed by atoms with Crippen molar-refractivity contribution in [2.45, 2.75) is 50.6 Å². The summed E-state index contributed by atoms with van der Waals surface area (Å²) < 4.78 is 0. The zero-order valence-electron chi connectivity index (χ0n) is 10.0. The van der Waals surface area contributed by atoms with E-state index in [1.165, 1.54) is 45.4 Å². The SMILES string of the molecule is O=C1CCC(N2CCCN3CCCC3C2)C1. The summed E-state index contributed by atoms with van der Waals surface area (Å²) in [4.78, 5) is 16.6. The van der Waals surface area contributed by atoms with Gasteiger partial charge >= 0.3 is 0 Å². The lowest BCUT2D eigenvalue weighted by Crippen LogP contribution is -2.41. The van der Waals surface area contributed by atoms with Gasteiger partial charge in [-0.1, -0.05) is 0 Å². The number of Topliss-reactive ketones (excluding diaryl/α,β-unsaturated/α-hetero) is 1. The Bertz CT molecular complexity index is 279. The third kappa shape index (κ3) is 2.03. The van der Waals surface area contributed by atoms with Gasteiger partial charge in [-0.3, -0.25) is 14.6 Å². The van der Waals surface area contributed by atoms with Crippen molar-refractivity contribution in [3.05, 3.63) is 0 Å². The van der Waals surface area contributed by atoms with E-state index in [0.717, 1.165) is 25.3 Å². The third-order valence-electron chi connectivity index (χ3n) is 4.57. The highest BCUT2D eigenvalue weighted by Gasteiger charge is 2.34. The van der Waals surface area contributed by atoms with Gasteiger partial charge in [-0.15, -0.1) is 0 Å². The van der Waals surface area contributed by atoms with Crippen LogP contribution < -0.4 is 0 Å². The summed E-state index contributed by atoms with van der Waals surface area (Å²) in [5.41, 5.74) is 0. The predicted octanol–water partition coefficient (Wildman–Crippen LogP) is 1.28. The maximum Gasteiger partial charge on any atom is 0.134 e. The van der Waals surface area contributed by atoms with Crippen LogP contribution in [0.3, 0.4) is 0 Å². The maximum atomic E-state index is 11.4. The second-order valence-corrected chi connectivity index (χ2v) is 5.62. The fourth-order valence-corrected chi connectivity index (χ4v) is 3.67. The smallest absolute Gasteiger partial charge is 0.134 e. The van der Waals surface area contributed by atoms with Gasteiger partial charge in [0.05, 0.1) is 0 Å². The number of carbonyl (C=O) groups excluding carboxylic acids is 1. The minimum Gasteiger partial charge on any atom is -0.300 e. The fraction of sp³-hybridized carbons (Fsp3) is 0.923. The molecule has 0 N–H and O–H groups in total. The van der Waals surface area contributed by atoms with E-state index in [-0.39, 0.29) is 0 Å². The van der Waals surface area contributed by atoms with Crippen LogP contribution in [0.1, 0.15) is 38.5 Å². The Morgan fingerprint density at radius 2 is 1.75 bits per heavy atom. The summed E-state index contributed by atoms with van der Waals surface area (Å²) in [5.74, 6) is 0.484. The molecule has 0 amide bonds. The molecule has 3 nitrogen and oxygen atoms in total. The van der Waals surface area contributed by atoms with Gasteiger partial charge in [0, 0.05) is 31.5 Å². The number of nitrogens with zero attached hydrogens (tertiary/aromatic N) is 2. The summed E-state index contributed by atoms with van der Waals surface area (Å²) in [6.45, 7) is 5.02. The van der Waals surface area contributed by atoms with Crippen LogP contribution in [0.25, 0.3) is 0 Å². The van der Waals surface area contributed by atoms with E-state index < -0.39 is 0 Å². The van der Waals surface area contributed by atoms with Gasteiger partial charge in [0.2, 0.25) is 0 Å². The van der Waals surface area contributed by atoms with Gasteiger partial charge in [-0.25, -0.2) is 0 Å². The van der Waals surface area contributed by atoms with Gasteiger partial charge in [-0.2, -0.15) is 0 Å². The van der Waals surface area contributed by atoms with Crippen molar-refractivity contribution in [2.75, 3.05) is 26.2 Å². The van der Waals surface area contributed by atoms with Gasteiger partial charge in [-0.05, 0) is 45.3 Å². The van der Waals surface area contributed by atoms with Crippen LogP contribution in [0, 0.1) is 0 Å². The van der Waals surface area contributed by atoms with E-state index in [9.17, 15) is 4.79 Å². The van der Waals surface area contributed by atoms with Crippen LogP contribution in [-0.2, 0) is 4.79 Å². The second-order valence-electron chi connectivity index (χ2n) is 5.62. The molecule has 2 saturated heterocycles. The lowest BCUT2D eigenvalue weighted by Gasteiger charge is -2.29. The molecule has 0 bridgehead atoms. The first kappa shape index (κ1) is 10.7. The molecule has 0 spiro atoms. The van der Waals surface area contributed by atoms with E-state index in [1.54, 1.807) is 0 Å². The van der Waals surface area contributed by atoms with Crippen molar-refractivity contribution in [3.63, 3.8) is 0 Å². The Balaban J connectivity index is 1.64. The van der Waals surface area contributed by atoms with Crippen molar-refractivity contribution >= 4 is 5.78 Å². The van der Waals surface area contributed by atoms with Crippen molar-refractivity contribution in [1.82, 2.24) is 9.80 Å². The largest absolute Gasteiger partial charge is 0.300 e. The minimum absolute atomic E-state index is 0.484. The van der Waals surface area contributed by atoms with Crippen LogP contribution in [0.4, 0.5) is 0 Å². The Morgan fingerprint density at radius 3 is 2.56 bits per heavy atom. The summed E-state index contributed by atoms with van der Waals surface area (Å²) in [6, 6.07) is 1.37. The van der Waals surface area contributed by atoms with E-state index in [1.807, 2.05) is 0 Å². The Morgan fingerprint density at radius 1 is 0.938 bits per heavy atom. The molecule has 3 aliphatic rings. The summed E-state index contributed by atoms with van der Waals surface area (Å²) in [5, 5.41) is 0. The van der Waals surface area contributed by atoms with Crippen molar-refractivity contribution < 1.29 is 4.79 Å². The van der Waals surface area contributed by atoms with E-state index >= 15 is 0 Å². The topological polar surface area (TPSA) is 23.6 Å². The monoisotopic (exact) mass is 222 g/mol. The van der Waals surface area contributed by atoms with Gasteiger partial charge in [0.1, 0.15) is 5.78 Å². The molecule has 0 aromatic carbocycles. The minimum atomic E-state index is 0.484. The number of ketones is 1. The molecule has 0 aromatic heterocycles. The highest BCUT2D eigenvalue weighted by molar-refractivity contribution is 5.81. The molecule has 2 heterocycles. The molecule has 2 aliphatic heterocycles. The standard InChI is InChI=1S/C13H22N2O/c16-13-5-4-11(9-13)15-8-2-7-14-6-1-3-12(14)10-15/h11-12H,1-10H2. The Labute approximate surface area is 97.8 Å². The van der Waals surface area contributed by atoms with Crippen molar-refractivity contribution in [1.29, 1.82) is 0 Å². The summed E-state index contributed by atoms with van der Waals surface area (Å²) in [7, 11) is 0. The number of hydrogen-bond acceptors (Lipinski definition) is 3. The Hall–Kier alpha value is -0.410. The van der Waals surface area contributed by atoms with Crippen LogP contribution in [0.2, 0.25) is 0 Å². The normalized spacial score (nSPS) is 37.6. The predicted molar refractivity (Wildman–Crippen MR) is 63.4 cm³/mol. The van der Waals surface area contributed by atoms with Crippen molar-refractivity contribution in [3.8, 4) is 0 Å². The van der Waals surface area contributed by atoms with E-state index in [0.29, 0.717) is 11.8 Å². The Kier molecular flexibility index (Phi) is 2.99. The quantitative estimate of drug-likeness (QED) is 0.667. The van der Waals surface area contributed by atoms with Crippen LogP contribution in [0.5, 0.6) is 0 Å². The zero-order chi connectivity index (χ0) is 11.0. The van der Waals surface area contributed by atoms with E-state index in [4.69, 9.17) is 0 Å². The molecule has 2 atom stereocenters. The van der Waals surface area contributed by atoms with Crippen LogP contribution in [-0.4, -0.2) is 53.8 Å². The van der Waals surface area contributed by atoms with Gasteiger partial charge in [0.25, 0.3) is 0 Å². The zero-order valence-corrected chi connectivity index (χ0v) is 10.0. The molecule has 1 saturated carbocycles. The number of carbonyl (C=O) groups is 1. The van der Waals surface area contributed by atoms with Gasteiger partial charge in [0.15, 0.2) is 0 Å². The summed E-state index contributed by atoms with van der Waals surface area (Å²) >= 11 is 0. The molecule has 16 heavy (non-hydrogen) atoms. The molecule has 0 radical (unpaired) electrons. The fourth-order valence-electron chi connectivity index (χ4n) is 3.67. The number of hydrogen-bond donors (Lipinski definition) is 0. The van der Waals surface area contributed by atoms with E-state index in [2.05, 4.69) is 9.80 Å². The molecule has 90 valence electrons. The van der Waals surface area contributed by atoms with Crippen molar-refractivity contribution in [2.24, 2.45) is 0 Å². The molecule has 2 unspecified atom stereocenters. The lowest BCUT2D eigenvalue weighted by atomic mass is 10.1. The average molecular weight is 222 g/mol. The third-order valence-corrected chi connectivity index (χ3v) is 4.57. The molecular formula is C13H22N2O. The first-order valence-corrected chi connectivity index (χ1v) is 6.83. The first-order valence-electron chi connectivity index (χ1n) is 6.83. The molecule has 1 aliphatic carbocycles.